The van der Waals surface area contributed by atoms with Gasteiger partial charge in [0.25, 0.3) is 0 Å². The number of hydrogen-bond acceptors (Lipinski definition) is 3. The van der Waals surface area contributed by atoms with E-state index in [9.17, 15) is 4.79 Å². The van der Waals surface area contributed by atoms with Crippen LogP contribution in [0.3, 0.4) is 0 Å². The summed E-state index contributed by atoms with van der Waals surface area (Å²) in [5.41, 5.74) is 1.70. The van der Waals surface area contributed by atoms with E-state index in [4.69, 9.17) is 9.15 Å². The van der Waals surface area contributed by atoms with E-state index in [0.717, 1.165) is 11.1 Å². The summed E-state index contributed by atoms with van der Waals surface area (Å²) < 4.78 is 10.9. The highest BCUT2D eigenvalue weighted by Gasteiger charge is 2.25. The lowest BCUT2D eigenvalue weighted by molar-refractivity contribution is 0.0575. The number of furan rings is 1. The SMILES string of the molecule is CC(C)(C)OC(=O)N(CCc1c[nH]c2ccccc12)c1ccco1. The maximum atomic E-state index is 12.5. The van der Waals surface area contributed by atoms with Crippen molar-refractivity contribution in [2.45, 2.75) is 32.8 Å². The molecule has 0 aliphatic rings. The molecule has 1 N–H and O–H groups in total. The molecule has 0 unspecified atom stereocenters. The van der Waals surface area contributed by atoms with Crippen LogP contribution in [0.4, 0.5) is 10.7 Å². The largest absolute Gasteiger partial charge is 0.448 e. The quantitative estimate of drug-likeness (QED) is 0.753. The Balaban J connectivity index is 1.78. The molecule has 0 radical (unpaired) electrons. The number of carbonyl (C=O) groups excluding carboxylic acids is 1. The average Bonchev–Trinajstić information content (AvgIpc) is 3.16. The number of H-pyrrole nitrogens is 1. The molecule has 0 bridgehead atoms. The molecule has 3 rings (SSSR count). The molecule has 0 aliphatic carbocycles. The number of amides is 1. The normalized spacial score (nSPS) is 11.6. The number of rotatable bonds is 4. The van der Waals surface area contributed by atoms with Crippen molar-refractivity contribution in [1.29, 1.82) is 0 Å². The molecule has 24 heavy (non-hydrogen) atoms. The summed E-state index contributed by atoms with van der Waals surface area (Å²) in [6.07, 6.45) is 3.83. The molecule has 126 valence electrons. The lowest BCUT2D eigenvalue weighted by Crippen LogP contribution is -2.38. The zero-order valence-corrected chi connectivity index (χ0v) is 14.2. The molecule has 0 saturated carbocycles. The van der Waals surface area contributed by atoms with Crippen molar-refractivity contribution in [2.24, 2.45) is 0 Å². The molecule has 2 aromatic heterocycles. The molecule has 1 amide bonds. The van der Waals surface area contributed by atoms with Crippen LogP contribution < -0.4 is 4.90 Å². The first-order valence-electron chi connectivity index (χ1n) is 8.03. The first-order chi connectivity index (χ1) is 11.4. The fourth-order valence-corrected chi connectivity index (χ4v) is 2.60. The van der Waals surface area contributed by atoms with Crippen molar-refractivity contribution < 1.29 is 13.9 Å². The van der Waals surface area contributed by atoms with Crippen molar-refractivity contribution in [1.82, 2.24) is 4.98 Å². The summed E-state index contributed by atoms with van der Waals surface area (Å²) in [4.78, 5) is 17.3. The first-order valence-corrected chi connectivity index (χ1v) is 8.03. The Kier molecular flexibility index (Phi) is 4.34. The van der Waals surface area contributed by atoms with Gasteiger partial charge in [-0.25, -0.2) is 9.69 Å². The number of aromatic amines is 1. The standard InChI is InChI=1S/C19H22N2O3/c1-19(2,3)24-18(22)21(17-9-6-12-23-17)11-10-14-13-20-16-8-5-4-7-15(14)16/h4-9,12-13,20H,10-11H2,1-3H3. The number of aromatic nitrogens is 1. The molecule has 1 aromatic carbocycles. The summed E-state index contributed by atoms with van der Waals surface area (Å²) in [7, 11) is 0. The first kappa shape index (κ1) is 16.2. The van der Waals surface area contributed by atoms with E-state index in [-0.39, 0.29) is 0 Å². The minimum absolute atomic E-state index is 0.405. The highest BCUT2D eigenvalue weighted by molar-refractivity contribution is 5.87. The molecule has 0 fully saturated rings. The van der Waals surface area contributed by atoms with Crippen LogP contribution in [-0.4, -0.2) is 23.2 Å². The maximum Gasteiger partial charge on any atom is 0.417 e. The van der Waals surface area contributed by atoms with Crippen LogP contribution in [-0.2, 0) is 11.2 Å². The van der Waals surface area contributed by atoms with Gasteiger partial charge in [-0.05, 0) is 44.9 Å². The van der Waals surface area contributed by atoms with E-state index in [1.807, 2.05) is 45.2 Å². The topological polar surface area (TPSA) is 58.5 Å². The van der Waals surface area contributed by atoms with Crippen LogP contribution in [0.2, 0.25) is 0 Å². The predicted octanol–water partition coefficient (Wildman–Crippen LogP) is 4.75. The second kappa shape index (κ2) is 6.43. The van der Waals surface area contributed by atoms with Crippen LogP contribution in [0.25, 0.3) is 10.9 Å². The number of anilines is 1. The number of carbonyl (C=O) groups is 1. The Morgan fingerprint density at radius 2 is 2.00 bits per heavy atom. The fraction of sp³-hybridized carbons (Fsp3) is 0.316. The fourth-order valence-electron chi connectivity index (χ4n) is 2.60. The summed E-state index contributed by atoms with van der Waals surface area (Å²) in [5.74, 6) is 0.490. The van der Waals surface area contributed by atoms with E-state index >= 15 is 0 Å². The molecule has 0 saturated heterocycles. The van der Waals surface area contributed by atoms with Crippen molar-refractivity contribution in [3.8, 4) is 0 Å². The smallest absolute Gasteiger partial charge is 0.417 e. The third-order valence-electron chi connectivity index (χ3n) is 3.67. The van der Waals surface area contributed by atoms with Gasteiger partial charge in [0.2, 0.25) is 5.88 Å². The van der Waals surface area contributed by atoms with Crippen molar-refractivity contribution in [3.05, 3.63) is 54.4 Å². The Morgan fingerprint density at radius 3 is 2.71 bits per heavy atom. The molecule has 2 heterocycles. The van der Waals surface area contributed by atoms with Gasteiger partial charge < -0.3 is 14.1 Å². The van der Waals surface area contributed by atoms with Crippen molar-refractivity contribution in [2.75, 3.05) is 11.4 Å². The molecule has 0 atom stereocenters. The second-order valence-corrected chi connectivity index (χ2v) is 6.69. The number of hydrogen-bond donors (Lipinski definition) is 1. The Labute approximate surface area is 141 Å². The second-order valence-electron chi connectivity index (χ2n) is 6.69. The maximum absolute atomic E-state index is 12.5. The number of ether oxygens (including phenoxy) is 1. The minimum atomic E-state index is -0.553. The molecule has 0 spiro atoms. The van der Waals surface area contributed by atoms with Gasteiger partial charge in [-0.1, -0.05) is 18.2 Å². The van der Waals surface area contributed by atoms with E-state index in [0.29, 0.717) is 18.8 Å². The molecule has 3 aromatic rings. The van der Waals surface area contributed by atoms with Crippen molar-refractivity contribution >= 4 is 22.9 Å². The van der Waals surface area contributed by atoms with E-state index < -0.39 is 11.7 Å². The number of fused-ring (bicyclic) bond motifs is 1. The minimum Gasteiger partial charge on any atom is -0.448 e. The average molecular weight is 326 g/mol. The molecular weight excluding hydrogens is 304 g/mol. The Morgan fingerprint density at radius 1 is 1.21 bits per heavy atom. The van der Waals surface area contributed by atoms with Crippen molar-refractivity contribution in [3.63, 3.8) is 0 Å². The number of para-hydroxylation sites is 1. The summed E-state index contributed by atoms with van der Waals surface area (Å²) in [6, 6.07) is 11.6. The lowest BCUT2D eigenvalue weighted by Gasteiger charge is -2.25. The van der Waals surface area contributed by atoms with Gasteiger partial charge in [0.15, 0.2) is 0 Å². The summed E-state index contributed by atoms with van der Waals surface area (Å²) in [5, 5.41) is 1.17. The van der Waals surface area contributed by atoms with Gasteiger partial charge in [-0.15, -0.1) is 0 Å². The van der Waals surface area contributed by atoms with Crippen LogP contribution in [0, 0.1) is 0 Å². The zero-order chi connectivity index (χ0) is 17.2. The van der Waals surface area contributed by atoms with Gasteiger partial charge >= 0.3 is 6.09 Å². The molecule has 0 aliphatic heterocycles. The van der Waals surface area contributed by atoms with Gasteiger partial charge in [-0.2, -0.15) is 0 Å². The number of benzene rings is 1. The van der Waals surface area contributed by atoms with Crippen LogP contribution >= 0.6 is 0 Å². The van der Waals surface area contributed by atoms with Gasteiger partial charge in [0, 0.05) is 29.7 Å². The zero-order valence-electron chi connectivity index (χ0n) is 14.2. The molecule has 5 nitrogen and oxygen atoms in total. The van der Waals surface area contributed by atoms with Gasteiger partial charge in [-0.3, -0.25) is 0 Å². The van der Waals surface area contributed by atoms with Crippen LogP contribution in [0.1, 0.15) is 26.3 Å². The number of nitrogens with zero attached hydrogens (tertiary/aromatic N) is 1. The Hall–Kier alpha value is -2.69. The van der Waals surface area contributed by atoms with E-state index in [1.165, 1.54) is 10.3 Å². The highest BCUT2D eigenvalue weighted by Crippen LogP contribution is 2.22. The summed E-state index contributed by atoms with van der Waals surface area (Å²) >= 11 is 0. The van der Waals surface area contributed by atoms with E-state index in [2.05, 4.69) is 11.1 Å². The third kappa shape index (κ3) is 3.62. The highest BCUT2D eigenvalue weighted by atomic mass is 16.6. The third-order valence-corrected chi connectivity index (χ3v) is 3.67. The molecule has 5 heteroatoms. The molecular formula is C19H22N2O3. The number of nitrogens with one attached hydrogen (secondary N) is 1. The Bertz CT molecular complexity index is 813. The van der Waals surface area contributed by atoms with Gasteiger partial charge in [0.05, 0.1) is 6.26 Å². The lowest BCUT2D eigenvalue weighted by atomic mass is 10.1. The van der Waals surface area contributed by atoms with Gasteiger partial charge in [0.1, 0.15) is 5.60 Å². The van der Waals surface area contributed by atoms with Crippen LogP contribution in [0.5, 0.6) is 0 Å². The summed E-state index contributed by atoms with van der Waals surface area (Å²) in [6.45, 7) is 6.03. The van der Waals surface area contributed by atoms with Crippen LogP contribution in [0.15, 0.2) is 53.3 Å². The predicted molar refractivity (Wildman–Crippen MR) is 94.3 cm³/mol. The van der Waals surface area contributed by atoms with E-state index in [1.54, 1.807) is 18.4 Å². The monoisotopic (exact) mass is 326 g/mol.